The minimum absolute atomic E-state index is 0.00707. The maximum absolute atomic E-state index is 13.2. The van der Waals surface area contributed by atoms with E-state index in [1.54, 1.807) is 36.4 Å². The van der Waals surface area contributed by atoms with Gasteiger partial charge >= 0.3 is 6.09 Å². The molecule has 0 aromatic carbocycles. The van der Waals surface area contributed by atoms with Crippen molar-refractivity contribution in [1.29, 1.82) is 0 Å². The van der Waals surface area contributed by atoms with Crippen LogP contribution in [0, 0.1) is 0 Å². The van der Waals surface area contributed by atoms with Crippen LogP contribution in [0.3, 0.4) is 0 Å². The molecule has 1 saturated heterocycles. The van der Waals surface area contributed by atoms with Gasteiger partial charge in [0.1, 0.15) is 16.9 Å². The van der Waals surface area contributed by atoms with E-state index in [0.717, 1.165) is 18.2 Å². The van der Waals surface area contributed by atoms with Crippen molar-refractivity contribution < 1.29 is 14.6 Å². The molecule has 35 heavy (non-hydrogen) atoms. The first-order valence-electron chi connectivity index (χ1n) is 11.6. The number of pyridine rings is 1. The SMILES string of the molecule is Cn1c(=O)c(N2CCCC(NC(=O)OC(C)(C)C)C2)cc2cnc(Nc3cnn(CCO)c3)nc21. The number of aromatic nitrogens is 5. The van der Waals surface area contributed by atoms with E-state index in [-0.39, 0.29) is 18.2 Å². The van der Waals surface area contributed by atoms with Crippen LogP contribution in [0.25, 0.3) is 11.0 Å². The van der Waals surface area contributed by atoms with Crippen molar-refractivity contribution >= 4 is 34.4 Å². The molecule has 3 N–H and O–H groups in total. The zero-order valence-corrected chi connectivity index (χ0v) is 20.5. The Morgan fingerprint density at radius 1 is 1.31 bits per heavy atom. The Kier molecular flexibility index (Phi) is 6.92. The molecule has 3 aromatic rings. The third kappa shape index (κ3) is 5.88. The molecule has 0 aliphatic carbocycles. The second kappa shape index (κ2) is 9.90. The predicted octanol–water partition coefficient (Wildman–Crippen LogP) is 1.75. The molecule has 188 valence electrons. The largest absolute Gasteiger partial charge is 0.444 e. The van der Waals surface area contributed by atoms with Crippen molar-refractivity contribution in [2.75, 3.05) is 29.9 Å². The molecule has 1 aliphatic heterocycles. The van der Waals surface area contributed by atoms with E-state index in [1.165, 1.54) is 4.57 Å². The summed E-state index contributed by atoms with van der Waals surface area (Å²) in [6, 6.07) is 1.69. The number of hydrogen-bond acceptors (Lipinski definition) is 9. The smallest absolute Gasteiger partial charge is 0.407 e. The molecule has 1 atom stereocenters. The van der Waals surface area contributed by atoms with Gasteiger partial charge in [-0.25, -0.2) is 9.78 Å². The van der Waals surface area contributed by atoms with Crippen LogP contribution in [-0.2, 0) is 18.3 Å². The van der Waals surface area contributed by atoms with Gasteiger partial charge in [0, 0.05) is 44.0 Å². The van der Waals surface area contributed by atoms with Crippen LogP contribution >= 0.6 is 0 Å². The lowest BCUT2D eigenvalue weighted by Gasteiger charge is -2.34. The van der Waals surface area contributed by atoms with Gasteiger partial charge in [-0.2, -0.15) is 10.1 Å². The molecule has 1 fully saturated rings. The fourth-order valence-electron chi connectivity index (χ4n) is 4.09. The van der Waals surface area contributed by atoms with Gasteiger partial charge in [-0.3, -0.25) is 14.0 Å². The standard InChI is InChI=1S/C23H32N8O4/c1-23(2,3)35-22(34)27-16-6-5-7-30(13-16)18-10-15-11-24-21(28-19(15)29(4)20(18)33)26-17-12-25-31(14-17)8-9-32/h10-12,14,16,32H,5-9,13H2,1-4H3,(H,27,34)(H,24,26,28). The van der Waals surface area contributed by atoms with Crippen LogP contribution in [0.4, 0.5) is 22.1 Å². The van der Waals surface area contributed by atoms with E-state index in [2.05, 4.69) is 25.7 Å². The summed E-state index contributed by atoms with van der Waals surface area (Å²) in [7, 11) is 1.69. The molecule has 1 amide bonds. The molecule has 0 bridgehead atoms. The Balaban J connectivity index is 1.52. The average Bonchev–Trinajstić information content (AvgIpc) is 3.22. The molecular weight excluding hydrogens is 452 g/mol. The Bertz CT molecular complexity index is 1260. The van der Waals surface area contributed by atoms with E-state index in [9.17, 15) is 9.59 Å². The molecule has 0 spiro atoms. The van der Waals surface area contributed by atoms with Crippen molar-refractivity contribution in [2.24, 2.45) is 7.05 Å². The monoisotopic (exact) mass is 484 g/mol. The van der Waals surface area contributed by atoms with Crippen LogP contribution in [0.5, 0.6) is 0 Å². The minimum Gasteiger partial charge on any atom is -0.444 e. The molecule has 3 aromatic heterocycles. The lowest BCUT2D eigenvalue weighted by atomic mass is 10.1. The van der Waals surface area contributed by atoms with Crippen molar-refractivity contribution in [3.05, 3.63) is 35.0 Å². The first kappa shape index (κ1) is 24.5. The number of ether oxygens (including phenoxy) is 1. The maximum Gasteiger partial charge on any atom is 0.407 e. The zero-order chi connectivity index (χ0) is 25.2. The number of amides is 1. The third-order valence-electron chi connectivity index (χ3n) is 5.63. The number of aliphatic hydroxyl groups excluding tert-OH is 1. The molecular formula is C23H32N8O4. The Labute approximate surface area is 202 Å². The number of aliphatic hydroxyl groups is 1. The summed E-state index contributed by atoms with van der Waals surface area (Å²) in [6.45, 7) is 7.09. The number of anilines is 3. The van der Waals surface area contributed by atoms with E-state index < -0.39 is 11.7 Å². The Morgan fingerprint density at radius 3 is 2.86 bits per heavy atom. The van der Waals surface area contributed by atoms with E-state index >= 15 is 0 Å². The number of carbonyl (C=O) groups is 1. The van der Waals surface area contributed by atoms with Crippen LogP contribution in [0.1, 0.15) is 33.6 Å². The molecule has 1 unspecified atom stereocenters. The molecule has 12 heteroatoms. The van der Waals surface area contributed by atoms with Crippen LogP contribution < -0.4 is 21.1 Å². The minimum atomic E-state index is -0.569. The fraction of sp³-hybridized carbons (Fsp3) is 0.522. The summed E-state index contributed by atoms with van der Waals surface area (Å²) < 4.78 is 8.49. The van der Waals surface area contributed by atoms with Gasteiger partial charge in [0.15, 0.2) is 0 Å². The summed E-state index contributed by atoms with van der Waals surface area (Å²) >= 11 is 0. The second-order valence-corrected chi connectivity index (χ2v) is 9.64. The number of carbonyl (C=O) groups excluding carboxylic acids is 1. The van der Waals surface area contributed by atoms with Gasteiger partial charge in [0.2, 0.25) is 5.95 Å². The van der Waals surface area contributed by atoms with Crippen LogP contribution in [-0.4, -0.2) is 66.9 Å². The Morgan fingerprint density at radius 2 is 2.11 bits per heavy atom. The van der Waals surface area contributed by atoms with E-state index in [0.29, 0.717) is 42.6 Å². The zero-order valence-electron chi connectivity index (χ0n) is 20.5. The topological polar surface area (TPSA) is 139 Å². The third-order valence-corrected chi connectivity index (χ3v) is 5.63. The van der Waals surface area contributed by atoms with Gasteiger partial charge < -0.3 is 25.4 Å². The average molecular weight is 485 g/mol. The summed E-state index contributed by atoms with van der Waals surface area (Å²) in [5.74, 6) is 0.336. The summed E-state index contributed by atoms with van der Waals surface area (Å²) in [5.41, 5.74) is 0.984. The highest BCUT2D eigenvalue weighted by atomic mass is 16.6. The van der Waals surface area contributed by atoms with Crippen molar-refractivity contribution in [1.82, 2.24) is 29.6 Å². The van der Waals surface area contributed by atoms with E-state index in [1.807, 2.05) is 25.7 Å². The number of nitrogens with zero attached hydrogens (tertiary/aromatic N) is 6. The Hall–Kier alpha value is -3.67. The molecule has 1 aliphatic rings. The number of nitrogens with one attached hydrogen (secondary N) is 2. The lowest BCUT2D eigenvalue weighted by Crippen LogP contribution is -2.50. The van der Waals surface area contributed by atoms with Crippen LogP contribution in [0.15, 0.2) is 29.5 Å². The highest BCUT2D eigenvalue weighted by Gasteiger charge is 2.26. The first-order valence-corrected chi connectivity index (χ1v) is 11.6. The van der Waals surface area contributed by atoms with E-state index in [4.69, 9.17) is 9.84 Å². The molecule has 4 heterocycles. The van der Waals surface area contributed by atoms with Crippen molar-refractivity contribution in [3.8, 4) is 0 Å². The summed E-state index contributed by atoms with van der Waals surface area (Å²) in [6.07, 6.45) is 6.23. The van der Waals surface area contributed by atoms with Gasteiger partial charge in [-0.1, -0.05) is 0 Å². The molecule has 4 rings (SSSR count). The fourth-order valence-corrected chi connectivity index (χ4v) is 4.09. The number of fused-ring (bicyclic) bond motifs is 1. The van der Waals surface area contributed by atoms with Crippen LogP contribution in [0.2, 0.25) is 0 Å². The number of alkyl carbamates (subject to hydrolysis) is 1. The van der Waals surface area contributed by atoms with Crippen molar-refractivity contribution in [3.63, 3.8) is 0 Å². The maximum atomic E-state index is 13.2. The molecule has 12 nitrogen and oxygen atoms in total. The van der Waals surface area contributed by atoms with Gasteiger partial charge in [0.25, 0.3) is 5.56 Å². The number of rotatable bonds is 6. The number of hydrogen-bond donors (Lipinski definition) is 3. The highest BCUT2D eigenvalue weighted by Crippen LogP contribution is 2.22. The quantitative estimate of drug-likeness (QED) is 0.477. The summed E-state index contributed by atoms with van der Waals surface area (Å²) in [4.78, 5) is 36.3. The highest BCUT2D eigenvalue weighted by molar-refractivity contribution is 5.79. The second-order valence-electron chi connectivity index (χ2n) is 9.64. The van der Waals surface area contributed by atoms with Gasteiger partial charge in [-0.15, -0.1) is 0 Å². The lowest BCUT2D eigenvalue weighted by molar-refractivity contribution is 0.0500. The van der Waals surface area contributed by atoms with Gasteiger partial charge in [0.05, 0.1) is 25.0 Å². The van der Waals surface area contributed by atoms with Crippen molar-refractivity contribution in [2.45, 2.75) is 51.8 Å². The normalized spacial score (nSPS) is 16.4. The molecule has 0 saturated carbocycles. The number of aryl methyl sites for hydroxylation is 1. The summed E-state index contributed by atoms with van der Waals surface area (Å²) in [5, 5.41) is 19.9. The predicted molar refractivity (Wildman–Crippen MR) is 132 cm³/mol. The number of piperidine rings is 1. The molecule has 0 radical (unpaired) electrons. The van der Waals surface area contributed by atoms with Gasteiger partial charge in [-0.05, 0) is 39.7 Å². The first-order chi connectivity index (χ1) is 16.6.